The maximum Gasteiger partial charge on any atom is 0.417 e. The number of rotatable bonds is 4. The summed E-state index contributed by atoms with van der Waals surface area (Å²) in [4.78, 5) is 0.835. The molecule has 0 N–H and O–H groups in total. The van der Waals surface area contributed by atoms with E-state index in [9.17, 15) is 13.2 Å². The Kier molecular flexibility index (Phi) is 7.29. The van der Waals surface area contributed by atoms with Crippen LogP contribution >= 0.6 is 11.3 Å². The average molecular weight is 278 g/mol. The summed E-state index contributed by atoms with van der Waals surface area (Å²) in [5, 5.41) is 1.23. The maximum atomic E-state index is 12.7. The van der Waals surface area contributed by atoms with Gasteiger partial charge in [-0.2, -0.15) is 13.2 Å². The van der Waals surface area contributed by atoms with Crippen molar-refractivity contribution >= 4 is 11.3 Å². The average Bonchev–Trinajstić information content (AvgIpc) is 2.72. The summed E-state index contributed by atoms with van der Waals surface area (Å²) < 4.78 is 38.2. The highest BCUT2D eigenvalue weighted by Crippen LogP contribution is 2.40. The molecule has 4 heteroatoms. The molecule has 0 aliphatic rings. The van der Waals surface area contributed by atoms with E-state index in [4.69, 9.17) is 0 Å². The summed E-state index contributed by atoms with van der Waals surface area (Å²) in [5.41, 5.74) is -0.00841. The summed E-state index contributed by atoms with van der Waals surface area (Å²) in [6.45, 7) is 11.2. The van der Waals surface area contributed by atoms with Gasteiger partial charge in [0.05, 0.1) is 5.56 Å². The van der Waals surface area contributed by atoms with Crippen LogP contribution < -0.4 is 0 Å². The van der Waals surface area contributed by atoms with Gasteiger partial charge in [-0.05, 0) is 24.3 Å². The highest BCUT2D eigenvalue weighted by atomic mass is 32.1. The number of alkyl halides is 3. The molecule has 0 aromatic carbocycles. The fourth-order valence-corrected chi connectivity index (χ4v) is 2.92. The second kappa shape index (κ2) is 7.62. The van der Waals surface area contributed by atoms with Gasteiger partial charge in [0.1, 0.15) is 0 Å². The molecule has 0 aliphatic carbocycles. The summed E-state index contributed by atoms with van der Waals surface area (Å²) in [7, 11) is 0. The Balaban J connectivity index is 0.00000137. The summed E-state index contributed by atoms with van der Waals surface area (Å²) in [6, 6.07) is 0. The molecule has 0 fully saturated rings. The number of thiophene rings is 1. The van der Waals surface area contributed by atoms with Crippen molar-refractivity contribution in [3.63, 3.8) is 0 Å². The third-order valence-electron chi connectivity index (χ3n) is 2.37. The van der Waals surface area contributed by atoms with E-state index < -0.39 is 11.7 Å². The van der Waals surface area contributed by atoms with Crippen molar-refractivity contribution in [1.82, 2.24) is 0 Å². The number of hydrogen-bond donors (Lipinski definition) is 0. The number of hydrogen-bond acceptors (Lipinski definition) is 1. The van der Waals surface area contributed by atoms with Crippen molar-refractivity contribution in [3.05, 3.63) is 34.0 Å². The molecule has 1 aromatic rings. The molecular formula is C14H21F3S. The van der Waals surface area contributed by atoms with Gasteiger partial charge in [0, 0.05) is 10.3 Å². The second-order valence-corrected chi connectivity index (χ2v) is 4.93. The van der Waals surface area contributed by atoms with Crippen LogP contribution in [-0.2, 0) is 12.6 Å². The molecule has 0 saturated carbocycles. The van der Waals surface area contributed by atoms with E-state index in [-0.39, 0.29) is 5.92 Å². The van der Waals surface area contributed by atoms with Gasteiger partial charge in [0.25, 0.3) is 0 Å². The topological polar surface area (TPSA) is 0 Å². The third kappa shape index (κ3) is 4.48. The van der Waals surface area contributed by atoms with Crippen LogP contribution in [0.25, 0.3) is 0 Å². The smallest absolute Gasteiger partial charge is 0.166 e. The largest absolute Gasteiger partial charge is 0.417 e. The highest BCUT2D eigenvalue weighted by molar-refractivity contribution is 7.10. The fraction of sp³-hybridized carbons (Fsp3) is 0.571. The zero-order chi connectivity index (χ0) is 14.3. The van der Waals surface area contributed by atoms with Crippen LogP contribution in [0.3, 0.4) is 0 Å². The van der Waals surface area contributed by atoms with Crippen LogP contribution in [0, 0.1) is 0 Å². The van der Waals surface area contributed by atoms with Crippen LogP contribution in [0.15, 0.2) is 18.0 Å². The van der Waals surface area contributed by atoms with E-state index in [0.717, 1.165) is 11.3 Å². The quantitative estimate of drug-likeness (QED) is 0.589. The standard InChI is InChI=1S/C12H15F3S.C2H6/c1-4-5-6-10-11(8(2)3)9(7-16-10)12(13,14)15;1-2/h4,7-8H,1,5-6H2,2-3H3;1-2H3. The molecule has 0 spiro atoms. The monoisotopic (exact) mass is 278 g/mol. The van der Waals surface area contributed by atoms with Crippen LogP contribution in [0.4, 0.5) is 13.2 Å². The van der Waals surface area contributed by atoms with Crippen molar-refractivity contribution in [2.45, 2.75) is 52.6 Å². The fourth-order valence-electron chi connectivity index (χ4n) is 1.69. The first-order valence-corrected chi connectivity index (χ1v) is 7.04. The lowest BCUT2D eigenvalue weighted by atomic mass is 9.97. The predicted molar refractivity (Wildman–Crippen MR) is 73.3 cm³/mol. The Morgan fingerprint density at radius 1 is 1.33 bits per heavy atom. The molecule has 1 aromatic heterocycles. The van der Waals surface area contributed by atoms with Gasteiger partial charge in [0.2, 0.25) is 0 Å². The van der Waals surface area contributed by atoms with Gasteiger partial charge < -0.3 is 0 Å². The van der Waals surface area contributed by atoms with Crippen LogP contribution in [0.2, 0.25) is 0 Å². The third-order valence-corrected chi connectivity index (χ3v) is 3.43. The van der Waals surface area contributed by atoms with E-state index in [2.05, 4.69) is 6.58 Å². The van der Waals surface area contributed by atoms with Crippen LogP contribution in [0.5, 0.6) is 0 Å². The zero-order valence-electron chi connectivity index (χ0n) is 11.4. The predicted octanol–water partition coefficient (Wildman–Crippen LogP) is 6.04. The molecule has 1 heterocycles. The molecule has 0 aliphatic heterocycles. The van der Waals surface area contributed by atoms with E-state index in [1.54, 1.807) is 19.9 Å². The van der Waals surface area contributed by atoms with Gasteiger partial charge >= 0.3 is 6.18 Å². The summed E-state index contributed by atoms with van der Waals surface area (Å²) >= 11 is 1.20. The second-order valence-electron chi connectivity index (χ2n) is 3.97. The molecular weight excluding hydrogens is 257 g/mol. The molecule has 0 amide bonds. The molecule has 104 valence electrons. The first-order valence-electron chi connectivity index (χ1n) is 6.16. The van der Waals surface area contributed by atoms with E-state index in [1.165, 1.54) is 16.7 Å². The lowest BCUT2D eigenvalue weighted by Gasteiger charge is -2.13. The van der Waals surface area contributed by atoms with Crippen molar-refractivity contribution < 1.29 is 13.2 Å². The minimum absolute atomic E-state index is 0.0947. The van der Waals surface area contributed by atoms with Crippen molar-refractivity contribution in [2.24, 2.45) is 0 Å². The first kappa shape index (κ1) is 17.2. The van der Waals surface area contributed by atoms with Gasteiger partial charge in [-0.3, -0.25) is 0 Å². The molecule has 18 heavy (non-hydrogen) atoms. The van der Waals surface area contributed by atoms with Crippen molar-refractivity contribution in [2.75, 3.05) is 0 Å². The van der Waals surface area contributed by atoms with Crippen LogP contribution in [0.1, 0.15) is 56.0 Å². The van der Waals surface area contributed by atoms with E-state index in [0.29, 0.717) is 12.0 Å². The molecule has 0 bridgehead atoms. The number of halogens is 3. The van der Waals surface area contributed by atoms with Gasteiger partial charge in [-0.25, -0.2) is 0 Å². The lowest BCUT2D eigenvalue weighted by molar-refractivity contribution is -0.138. The molecule has 0 unspecified atom stereocenters. The molecule has 0 atom stereocenters. The molecule has 0 saturated heterocycles. The molecule has 0 radical (unpaired) electrons. The van der Waals surface area contributed by atoms with Gasteiger partial charge in [-0.15, -0.1) is 17.9 Å². The molecule has 1 rings (SSSR count). The Hall–Kier alpha value is -0.770. The number of allylic oxidation sites excluding steroid dienone is 1. The SMILES string of the molecule is C=CCCc1scc(C(F)(F)F)c1C(C)C.CC. The van der Waals surface area contributed by atoms with E-state index in [1.807, 2.05) is 13.8 Å². The minimum atomic E-state index is -4.23. The van der Waals surface area contributed by atoms with E-state index >= 15 is 0 Å². The lowest BCUT2D eigenvalue weighted by Crippen LogP contribution is -2.08. The first-order chi connectivity index (χ1) is 8.38. The molecule has 0 nitrogen and oxygen atoms in total. The highest BCUT2D eigenvalue weighted by Gasteiger charge is 2.36. The Morgan fingerprint density at radius 2 is 1.89 bits per heavy atom. The Labute approximate surface area is 112 Å². The normalized spacial score (nSPS) is 11.1. The Morgan fingerprint density at radius 3 is 2.28 bits per heavy atom. The summed E-state index contributed by atoms with van der Waals surface area (Å²) in [6.07, 6.45) is -1.13. The maximum absolute atomic E-state index is 12.7. The van der Waals surface area contributed by atoms with Crippen molar-refractivity contribution in [1.29, 1.82) is 0 Å². The minimum Gasteiger partial charge on any atom is -0.166 e. The summed E-state index contributed by atoms with van der Waals surface area (Å²) in [5.74, 6) is -0.0947. The number of aryl methyl sites for hydroxylation is 1. The van der Waals surface area contributed by atoms with Crippen molar-refractivity contribution in [3.8, 4) is 0 Å². The zero-order valence-corrected chi connectivity index (χ0v) is 12.2. The van der Waals surface area contributed by atoms with Gasteiger partial charge in [0.15, 0.2) is 0 Å². The van der Waals surface area contributed by atoms with Gasteiger partial charge in [-0.1, -0.05) is 33.8 Å². The van der Waals surface area contributed by atoms with Crippen LogP contribution in [-0.4, -0.2) is 0 Å². The Bertz CT molecular complexity index is 362.